The number of anilines is 1. The molecule has 0 bridgehead atoms. The third-order valence-electron chi connectivity index (χ3n) is 5.27. The highest BCUT2D eigenvalue weighted by Crippen LogP contribution is 2.54. The minimum atomic E-state index is -0.0329. The predicted molar refractivity (Wildman–Crippen MR) is 94.5 cm³/mol. The monoisotopic (exact) mass is 322 g/mol. The van der Waals surface area contributed by atoms with E-state index in [0.717, 1.165) is 17.5 Å². The third-order valence-corrected chi connectivity index (χ3v) is 6.30. The van der Waals surface area contributed by atoms with E-state index in [0.29, 0.717) is 5.92 Å². The predicted octanol–water partition coefficient (Wildman–Crippen LogP) is 4.50. The van der Waals surface area contributed by atoms with Gasteiger partial charge in [0.25, 0.3) is 0 Å². The van der Waals surface area contributed by atoms with Crippen LogP contribution in [0.3, 0.4) is 0 Å². The first-order valence-electron chi connectivity index (χ1n) is 8.03. The van der Waals surface area contributed by atoms with Gasteiger partial charge in [-0.05, 0) is 43.8 Å². The van der Waals surface area contributed by atoms with E-state index < -0.39 is 0 Å². The Morgan fingerprint density at radius 3 is 2.83 bits per heavy atom. The van der Waals surface area contributed by atoms with E-state index in [-0.39, 0.29) is 11.6 Å². The number of hydrogen-bond donors (Lipinski definition) is 0. The number of nitrogens with zero attached hydrogens (tertiary/aromatic N) is 2. The SMILES string of the molecule is CC1(C)C2COc3ccccc3[C@@H]2N=C2Sc3ccccc3N21. The molecule has 0 aliphatic carbocycles. The molecule has 0 radical (unpaired) electrons. The quantitative estimate of drug-likeness (QED) is 0.714. The lowest BCUT2D eigenvalue weighted by Crippen LogP contribution is -2.57. The Labute approximate surface area is 140 Å². The van der Waals surface area contributed by atoms with Crippen LogP contribution in [0.1, 0.15) is 25.5 Å². The fourth-order valence-corrected chi connectivity index (χ4v) is 5.19. The topological polar surface area (TPSA) is 24.8 Å². The van der Waals surface area contributed by atoms with Crippen LogP contribution in [0.4, 0.5) is 5.69 Å². The first-order valence-corrected chi connectivity index (χ1v) is 8.84. The molecule has 2 aromatic carbocycles. The molecule has 23 heavy (non-hydrogen) atoms. The van der Waals surface area contributed by atoms with Gasteiger partial charge < -0.3 is 9.64 Å². The second-order valence-corrected chi connectivity index (χ2v) is 7.88. The van der Waals surface area contributed by atoms with E-state index >= 15 is 0 Å². The van der Waals surface area contributed by atoms with Crippen molar-refractivity contribution in [1.82, 2.24) is 0 Å². The Morgan fingerprint density at radius 2 is 1.91 bits per heavy atom. The number of para-hydroxylation sites is 2. The van der Waals surface area contributed by atoms with Crippen molar-refractivity contribution in [3.05, 3.63) is 54.1 Å². The van der Waals surface area contributed by atoms with Gasteiger partial charge in [0.15, 0.2) is 5.17 Å². The molecule has 0 fully saturated rings. The molecule has 5 rings (SSSR count). The smallest absolute Gasteiger partial charge is 0.169 e. The molecule has 0 spiro atoms. The molecule has 3 heterocycles. The van der Waals surface area contributed by atoms with Gasteiger partial charge in [-0.25, -0.2) is 0 Å². The zero-order valence-corrected chi connectivity index (χ0v) is 14.0. The molecule has 3 nitrogen and oxygen atoms in total. The molecule has 0 N–H and O–H groups in total. The molecule has 0 amide bonds. The van der Waals surface area contributed by atoms with Crippen molar-refractivity contribution in [1.29, 1.82) is 0 Å². The Bertz CT molecular complexity index is 830. The number of ether oxygens (including phenoxy) is 1. The van der Waals surface area contributed by atoms with Crippen LogP contribution >= 0.6 is 11.8 Å². The first kappa shape index (κ1) is 13.5. The minimum Gasteiger partial charge on any atom is -0.493 e. The average molecular weight is 322 g/mol. The lowest BCUT2D eigenvalue weighted by Gasteiger charge is -2.50. The van der Waals surface area contributed by atoms with Gasteiger partial charge in [0.05, 0.1) is 18.3 Å². The number of hydrogen-bond acceptors (Lipinski definition) is 4. The van der Waals surface area contributed by atoms with Crippen LogP contribution in [0.2, 0.25) is 0 Å². The number of rotatable bonds is 0. The summed E-state index contributed by atoms with van der Waals surface area (Å²) >= 11 is 1.79. The van der Waals surface area contributed by atoms with E-state index in [1.54, 1.807) is 11.8 Å². The van der Waals surface area contributed by atoms with E-state index in [4.69, 9.17) is 9.73 Å². The number of benzene rings is 2. The van der Waals surface area contributed by atoms with E-state index in [1.165, 1.54) is 16.1 Å². The Morgan fingerprint density at radius 1 is 1.13 bits per heavy atom. The van der Waals surface area contributed by atoms with Crippen LogP contribution in [0.5, 0.6) is 5.75 Å². The second-order valence-electron chi connectivity index (χ2n) is 6.87. The van der Waals surface area contributed by atoms with Crippen molar-refractivity contribution in [3.8, 4) is 5.75 Å². The van der Waals surface area contributed by atoms with Gasteiger partial charge in [-0.15, -0.1) is 0 Å². The van der Waals surface area contributed by atoms with Crippen molar-refractivity contribution < 1.29 is 4.74 Å². The maximum absolute atomic E-state index is 6.06. The Hall–Kier alpha value is -1.94. The van der Waals surface area contributed by atoms with Crippen LogP contribution < -0.4 is 9.64 Å². The van der Waals surface area contributed by atoms with Crippen molar-refractivity contribution in [3.63, 3.8) is 0 Å². The summed E-state index contributed by atoms with van der Waals surface area (Å²) in [7, 11) is 0. The van der Waals surface area contributed by atoms with Crippen LogP contribution in [0.25, 0.3) is 0 Å². The summed E-state index contributed by atoms with van der Waals surface area (Å²) in [6.45, 7) is 5.35. The van der Waals surface area contributed by atoms with E-state index in [9.17, 15) is 0 Å². The fraction of sp³-hybridized carbons (Fsp3) is 0.316. The molecule has 0 saturated carbocycles. The molecule has 4 heteroatoms. The Kier molecular flexibility index (Phi) is 2.66. The molecule has 116 valence electrons. The second kappa shape index (κ2) is 4.54. The highest BCUT2D eigenvalue weighted by atomic mass is 32.2. The van der Waals surface area contributed by atoms with Crippen LogP contribution in [-0.2, 0) is 0 Å². The molecule has 2 atom stereocenters. The summed E-state index contributed by atoms with van der Waals surface area (Å²) in [5.41, 5.74) is 2.47. The molecule has 0 aromatic heterocycles. The normalized spacial score (nSPS) is 26.3. The molecular formula is C19H18N2OS. The summed E-state index contributed by atoms with van der Waals surface area (Å²) < 4.78 is 6.06. The van der Waals surface area contributed by atoms with Crippen LogP contribution in [-0.4, -0.2) is 17.3 Å². The standard InChI is InChI=1S/C19H18N2OS/c1-19(2)13-11-22-15-9-5-3-7-12(15)17(13)20-18-21(19)14-8-4-6-10-16(14)23-18/h3-10,13,17H,11H2,1-2H3/t13?,17-/m0/s1. The Balaban J connectivity index is 1.70. The van der Waals surface area contributed by atoms with Crippen molar-refractivity contribution in [2.45, 2.75) is 30.3 Å². The van der Waals surface area contributed by atoms with Gasteiger partial charge in [0.1, 0.15) is 5.75 Å². The summed E-state index contributed by atoms with van der Waals surface area (Å²) in [5.74, 6) is 1.33. The number of thioether (sulfide) groups is 1. The van der Waals surface area contributed by atoms with Crippen molar-refractivity contribution >= 4 is 22.6 Å². The van der Waals surface area contributed by atoms with Gasteiger partial charge >= 0.3 is 0 Å². The van der Waals surface area contributed by atoms with Gasteiger partial charge in [-0.3, -0.25) is 4.99 Å². The van der Waals surface area contributed by atoms with Crippen LogP contribution in [0, 0.1) is 5.92 Å². The van der Waals surface area contributed by atoms with E-state index in [2.05, 4.69) is 61.2 Å². The summed E-state index contributed by atoms with van der Waals surface area (Å²) in [4.78, 5) is 8.85. The van der Waals surface area contributed by atoms with Gasteiger partial charge in [-0.2, -0.15) is 0 Å². The van der Waals surface area contributed by atoms with Crippen molar-refractivity contribution in [2.24, 2.45) is 10.9 Å². The zero-order chi connectivity index (χ0) is 15.6. The molecule has 3 aliphatic rings. The molecule has 3 aliphatic heterocycles. The van der Waals surface area contributed by atoms with E-state index in [1.807, 2.05) is 6.07 Å². The van der Waals surface area contributed by atoms with Gasteiger partial charge in [0.2, 0.25) is 0 Å². The molecule has 0 saturated heterocycles. The third kappa shape index (κ3) is 1.75. The highest BCUT2D eigenvalue weighted by Gasteiger charge is 2.51. The summed E-state index contributed by atoms with van der Waals surface area (Å²) in [6.07, 6.45) is 0. The van der Waals surface area contributed by atoms with Gasteiger partial charge in [-0.1, -0.05) is 30.3 Å². The largest absolute Gasteiger partial charge is 0.493 e. The highest BCUT2D eigenvalue weighted by molar-refractivity contribution is 8.14. The molecular weight excluding hydrogens is 304 g/mol. The molecule has 1 unspecified atom stereocenters. The zero-order valence-electron chi connectivity index (χ0n) is 13.2. The number of amidine groups is 1. The maximum Gasteiger partial charge on any atom is 0.169 e. The summed E-state index contributed by atoms with van der Waals surface area (Å²) in [6, 6.07) is 17.1. The van der Waals surface area contributed by atoms with Crippen molar-refractivity contribution in [2.75, 3.05) is 11.5 Å². The summed E-state index contributed by atoms with van der Waals surface area (Å²) in [5, 5.41) is 1.12. The van der Waals surface area contributed by atoms with Gasteiger partial charge in [0, 0.05) is 21.9 Å². The number of fused-ring (bicyclic) bond motifs is 6. The molecule has 2 aromatic rings. The maximum atomic E-state index is 6.06. The fourth-order valence-electron chi connectivity index (χ4n) is 3.99. The number of aliphatic imine (C=N–C) groups is 1. The lowest BCUT2D eigenvalue weighted by molar-refractivity contribution is 0.133. The lowest BCUT2D eigenvalue weighted by atomic mass is 9.76. The minimum absolute atomic E-state index is 0.0329. The average Bonchev–Trinajstić information content (AvgIpc) is 2.94. The first-order chi connectivity index (χ1) is 11.2. The van der Waals surface area contributed by atoms with Crippen LogP contribution in [0.15, 0.2) is 58.4 Å².